The molecule has 0 unspecified atom stereocenters. The highest BCUT2D eigenvalue weighted by Gasteiger charge is 2.10. The van der Waals surface area contributed by atoms with E-state index in [1.54, 1.807) is 13.3 Å². The fourth-order valence-corrected chi connectivity index (χ4v) is 3.95. The third-order valence-electron chi connectivity index (χ3n) is 4.61. The van der Waals surface area contributed by atoms with Crippen molar-refractivity contribution in [3.05, 3.63) is 66.2 Å². The number of methoxy groups -OCH3 is 1. The molecule has 6 nitrogen and oxygen atoms in total. The van der Waals surface area contributed by atoms with Gasteiger partial charge in [0.05, 0.1) is 30.1 Å². The van der Waals surface area contributed by atoms with E-state index in [0.717, 1.165) is 32.5 Å². The van der Waals surface area contributed by atoms with Crippen LogP contribution in [0.15, 0.2) is 70.9 Å². The lowest BCUT2D eigenvalue weighted by Gasteiger charge is -2.08. The molecule has 0 spiro atoms. The van der Waals surface area contributed by atoms with Crippen LogP contribution in [0.3, 0.4) is 0 Å². The third kappa shape index (κ3) is 3.95. The van der Waals surface area contributed by atoms with Gasteiger partial charge in [0, 0.05) is 12.6 Å². The Morgan fingerprint density at radius 3 is 2.79 bits per heavy atom. The SMILES string of the molecule is COc1ccc2ccccc2c1/C=N\NC(=O)CSc1nc2ccccc2n1C. The number of hydrogen-bond donors (Lipinski definition) is 1. The van der Waals surface area contributed by atoms with E-state index in [4.69, 9.17) is 4.74 Å². The van der Waals surface area contributed by atoms with Crippen LogP contribution < -0.4 is 10.2 Å². The van der Waals surface area contributed by atoms with Crippen LogP contribution in [-0.4, -0.2) is 34.5 Å². The number of imidazole rings is 1. The maximum Gasteiger partial charge on any atom is 0.250 e. The van der Waals surface area contributed by atoms with Crippen molar-refractivity contribution in [2.45, 2.75) is 5.16 Å². The van der Waals surface area contributed by atoms with Crippen LogP contribution in [-0.2, 0) is 11.8 Å². The fraction of sp³-hybridized carbons (Fsp3) is 0.136. The third-order valence-corrected chi connectivity index (χ3v) is 5.64. The molecule has 0 aliphatic carbocycles. The van der Waals surface area contributed by atoms with E-state index in [2.05, 4.69) is 15.5 Å². The molecule has 0 fully saturated rings. The highest BCUT2D eigenvalue weighted by molar-refractivity contribution is 7.99. The normalized spacial score (nSPS) is 11.4. The second kappa shape index (κ2) is 8.36. The van der Waals surface area contributed by atoms with Crippen molar-refractivity contribution < 1.29 is 9.53 Å². The number of carbonyl (C=O) groups is 1. The van der Waals surface area contributed by atoms with Crippen molar-refractivity contribution >= 4 is 45.7 Å². The summed E-state index contributed by atoms with van der Waals surface area (Å²) < 4.78 is 7.42. The molecule has 1 N–H and O–H groups in total. The second-order valence-electron chi connectivity index (χ2n) is 6.43. The van der Waals surface area contributed by atoms with Crippen LogP contribution in [0.25, 0.3) is 21.8 Å². The van der Waals surface area contributed by atoms with Crippen LogP contribution in [0, 0.1) is 0 Å². The monoisotopic (exact) mass is 404 g/mol. The summed E-state index contributed by atoms with van der Waals surface area (Å²) in [6, 6.07) is 19.8. The van der Waals surface area contributed by atoms with Crippen LogP contribution in [0.4, 0.5) is 0 Å². The number of carbonyl (C=O) groups excluding carboxylic acids is 1. The average molecular weight is 404 g/mol. The number of fused-ring (bicyclic) bond motifs is 2. The molecule has 29 heavy (non-hydrogen) atoms. The van der Waals surface area contributed by atoms with Crippen molar-refractivity contribution in [2.75, 3.05) is 12.9 Å². The largest absolute Gasteiger partial charge is 0.496 e. The molecule has 0 saturated heterocycles. The Morgan fingerprint density at radius 2 is 1.97 bits per heavy atom. The molecule has 0 bridgehead atoms. The molecule has 146 valence electrons. The fourth-order valence-electron chi connectivity index (χ4n) is 3.17. The number of aryl methyl sites for hydroxylation is 1. The molecule has 1 amide bonds. The Balaban J connectivity index is 1.44. The van der Waals surface area contributed by atoms with Crippen molar-refractivity contribution in [1.29, 1.82) is 0 Å². The minimum Gasteiger partial charge on any atom is -0.496 e. The van der Waals surface area contributed by atoms with Gasteiger partial charge in [-0.3, -0.25) is 4.79 Å². The van der Waals surface area contributed by atoms with Crippen molar-refractivity contribution in [2.24, 2.45) is 12.1 Å². The maximum absolute atomic E-state index is 12.2. The van der Waals surface area contributed by atoms with E-state index in [1.807, 2.05) is 72.3 Å². The van der Waals surface area contributed by atoms with Gasteiger partial charge in [-0.2, -0.15) is 5.10 Å². The minimum atomic E-state index is -0.197. The van der Waals surface area contributed by atoms with Crippen molar-refractivity contribution in [3.8, 4) is 5.75 Å². The van der Waals surface area contributed by atoms with Gasteiger partial charge >= 0.3 is 0 Å². The van der Waals surface area contributed by atoms with E-state index in [1.165, 1.54) is 11.8 Å². The highest BCUT2D eigenvalue weighted by Crippen LogP contribution is 2.26. The molecule has 7 heteroatoms. The van der Waals surface area contributed by atoms with Crippen LogP contribution in [0.2, 0.25) is 0 Å². The lowest BCUT2D eigenvalue weighted by atomic mass is 10.0. The molecule has 1 aromatic heterocycles. The van der Waals surface area contributed by atoms with Crippen LogP contribution in [0.1, 0.15) is 5.56 Å². The Hall–Kier alpha value is -3.32. The van der Waals surface area contributed by atoms with Gasteiger partial charge in [-0.25, -0.2) is 10.4 Å². The zero-order valence-corrected chi connectivity index (χ0v) is 16.9. The van der Waals surface area contributed by atoms with Gasteiger partial charge < -0.3 is 9.30 Å². The standard InChI is InChI=1S/C22H20N4O2S/c1-26-19-10-6-5-9-18(19)24-22(26)29-14-21(27)25-23-13-17-16-8-4-3-7-15(16)11-12-20(17)28-2/h3-13H,14H2,1-2H3,(H,25,27)/b23-13-. The summed E-state index contributed by atoms with van der Waals surface area (Å²) in [5.41, 5.74) is 5.37. The number of nitrogens with zero attached hydrogens (tertiary/aromatic N) is 3. The molecule has 1 heterocycles. The number of amides is 1. The first-order valence-corrected chi connectivity index (χ1v) is 10.1. The first-order valence-electron chi connectivity index (χ1n) is 9.09. The summed E-state index contributed by atoms with van der Waals surface area (Å²) in [5, 5.41) is 7.02. The summed E-state index contributed by atoms with van der Waals surface area (Å²) in [7, 11) is 3.56. The van der Waals surface area contributed by atoms with E-state index < -0.39 is 0 Å². The van der Waals surface area contributed by atoms with Crippen LogP contribution >= 0.6 is 11.8 Å². The lowest BCUT2D eigenvalue weighted by molar-refractivity contribution is -0.118. The Labute approximate surface area is 172 Å². The Kier molecular flexibility index (Phi) is 5.48. The van der Waals surface area contributed by atoms with E-state index >= 15 is 0 Å². The Morgan fingerprint density at radius 1 is 1.17 bits per heavy atom. The number of benzene rings is 3. The van der Waals surface area contributed by atoms with Crippen molar-refractivity contribution in [3.63, 3.8) is 0 Å². The lowest BCUT2D eigenvalue weighted by Crippen LogP contribution is -2.20. The predicted octanol–water partition coefficient (Wildman–Crippen LogP) is 3.98. The quantitative estimate of drug-likeness (QED) is 0.300. The molecular formula is C22H20N4O2S. The summed E-state index contributed by atoms with van der Waals surface area (Å²) in [6.45, 7) is 0. The predicted molar refractivity (Wildman–Crippen MR) is 118 cm³/mol. The topological polar surface area (TPSA) is 68.5 Å². The zero-order valence-electron chi connectivity index (χ0n) is 16.1. The van der Waals surface area contributed by atoms with Crippen molar-refractivity contribution in [1.82, 2.24) is 15.0 Å². The van der Waals surface area contributed by atoms with E-state index in [9.17, 15) is 4.79 Å². The number of nitrogens with one attached hydrogen (secondary N) is 1. The smallest absolute Gasteiger partial charge is 0.250 e. The molecule has 0 atom stereocenters. The van der Waals surface area contributed by atoms with Gasteiger partial charge in [0.25, 0.3) is 5.91 Å². The summed E-state index contributed by atoms with van der Waals surface area (Å²) in [6.07, 6.45) is 1.62. The molecule has 4 rings (SSSR count). The van der Waals surface area contributed by atoms with Gasteiger partial charge in [-0.1, -0.05) is 54.2 Å². The Bertz CT molecular complexity index is 1220. The van der Waals surface area contributed by atoms with E-state index in [0.29, 0.717) is 5.75 Å². The summed E-state index contributed by atoms with van der Waals surface area (Å²) in [5.74, 6) is 0.731. The molecule has 0 radical (unpaired) electrons. The molecular weight excluding hydrogens is 384 g/mol. The summed E-state index contributed by atoms with van der Waals surface area (Å²) >= 11 is 1.38. The van der Waals surface area contributed by atoms with Gasteiger partial charge in [0.1, 0.15) is 5.75 Å². The van der Waals surface area contributed by atoms with Gasteiger partial charge in [0.2, 0.25) is 0 Å². The summed E-state index contributed by atoms with van der Waals surface area (Å²) in [4.78, 5) is 16.8. The number of thioether (sulfide) groups is 1. The molecule has 0 saturated carbocycles. The zero-order chi connectivity index (χ0) is 20.2. The molecule has 0 aliphatic rings. The molecule has 3 aromatic carbocycles. The number of para-hydroxylation sites is 2. The molecule has 4 aromatic rings. The van der Waals surface area contributed by atoms with Gasteiger partial charge in [0.15, 0.2) is 5.16 Å². The number of hydrogen-bond acceptors (Lipinski definition) is 5. The first kappa shape index (κ1) is 19.0. The minimum absolute atomic E-state index is 0.197. The average Bonchev–Trinajstić information content (AvgIpc) is 3.08. The van der Waals surface area contributed by atoms with Gasteiger partial charge in [-0.05, 0) is 29.0 Å². The van der Waals surface area contributed by atoms with Gasteiger partial charge in [-0.15, -0.1) is 0 Å². The second-order valence-corrected chi connectivity index (χ2v) is 7.37. The number of aromatic nitrogens is 2. The first-order chi connectivity index (χ1) is 14.2. The number of ether oxygens (including phenoxy) is 1. The maximum atomic E-state index is 12.2. The van der Waals surface area contributed by atoms with E-state index in [-0.39, 0.29) is 11.7 Å². The van der Waals surface area contributed by atoms with Crippen LogP contribution in [0.5, 0.6) is 5.75 Å². The number of hydrazone groups is 1. The highest BCUT2D eigenvalue weighted by atomic mass is 32.2. The number of rotatable bonds is 6. The molecule has 0 aliphatic heterocycles.